The molecule has 1 amide bonds. The molecular formula is C22H25ClN2O8. The number of carbonyl (C=O) groups excluding carboxylic acids is 3. The van der Waals surface area contributed by atoms with Gasteiger partial charge in [0, 0.05) is 17.4 Å². The summed E-state index contributed by atoms with van der Waals surface area (Å²) in [5, 5.41) is 54.9. The first kappa shape index (κ1) is 24.7. The third kappa shape index (κ3) is 2.95. The van der Waals surface area contributed by atoms with Crippen molar-refractivity contribution in [3.05, 3.63) is 46.2 Å². The number of ketones is 2. The summed E-state index contributed by atoms with van der Waals surface area (Å²) in [7, 11) is 3.01. The minimum Gasteiger partial charge on any atom is -0.508 e. The first-order valence-corrected chi connectivity index (χ1v) is 9.97. The smallest absolute Gasteiger partial charge is 0.255 e. The lowest BCUT2D eigenvalue weighted by Crippen LogP contribution is -2.67. The molecule has 0 bridgehead atoms. The molecule has 3 aliphatic carbocycles. The second-order valence-corrected chi connectivity index (χ2v) is 8.96. The maximum Gasteiger partial charge on any atom is 0.255 e. The van der Waals surface area contributed by atoms with Gasteiger partial charge in [-0.3, -0.25) is 19.3 Å². The van der Waals surface area contributed by atoms with Crippen LogP contribution in [0.1, 0.15) is 24.5 Å². The van der Waals surface area contributed by atoms with Crippen LogP contribution in [0.5, 0.6) is 5.75 Å². The zero-order valence-electron chi connectivity index (χ0n) is 18.1. The number of hydrogen-bond acceptors (Lipinski definition) is 9. The van der Waals surface area contributed by atoms with E-state index >= 15 is 0 Å². The number of nitrogens with zero attached hydrogens (tertiary/aromatic N) is 1. The lowest BCUT2D eigenvalue weighted by molar-refractivity contribution is -0.159. The number of phenolic OH excluding ortho intramolecular Hbond substituents is 1. The highest BCUT2D eigenvalue weighted by atomic mass is 35.5. The summed E-state index contributed by atoms with van der Waals surface area (Å²) < 4.78 is 0. The molecule has 0 spiro atoms. The summed E-state index contributed by atoms with van der Waals surface area (Å²) in [6, 6.07) is 3.02. The van der Waals surface area contributed by atoms with Crippen LogP contribution < -0.4 is 5.73 Å². The fraction of sp³-hybridized carbons (Fsp3) is 0.409. The number of amides is 1. The molecule has 4 rings (SSSR count). The van der Waals surface area contributed by atoms with Gasteiger partial charge in [-0.05, 0) is 39.1 Å². The number of carbonyl (C=O) groups is 3. The van der Waals surface area contributed by atoms with Crippen LogP contribution in [0.15, 0.2) is 35.1 Å². The van der Waals surface area contributed by atoms with Crippen LogP contribution in [0.2, 0.25) is 0 Å². The number of likely N-dealkylation sites (N-methyl/N-ethyl adjacent to an activating group) is 1. The minimum absolute atomic E-state index is 0. The molecule has 5 atom stereocenters. The number of nitrogens with two attached hydrogens (primary N) is 1. The number of aliphatic hydroxyl groups excluding tert-OH is 2. The average Bonchev–Trinajstić information content (AvgIpc) is 2.68. The van der Waals surface area contributed by atoms with E-state index in [9.17, 15) is 39.9 Å². The van der Waals surface area contributed by atoms with Gasteiger partial charge in [-0.2, -0.15) is 0 Å². The van der Waals surface area contributed by atoms with Gasteiger partial charge in [0.1, 0.15) is 22.8 Å². The van der Waals surface area contributed by atoms with Gasteiger partial charge in [0.15, 0.2) is 11.4 Å². The van der Waals surface area contributed by atoms with Crippen molar-refractivity contribution in [2.75, 3.05) is 14.1 Å². The number of primary amides is 1. The summed E-state index contributed by atoms with van der Waals surface area (Å²) in [6.07, 6.45) is -0.200. The van der Waals surface area contributed by atoms with Crippen LogP contribution in [0.25, 0.3) is 5.76 Å². The van der Waals surface area contributed by atoms with E-state index in [4.69, 9.17) is 5.73 Å². The first-order valence-electron chi connectivity index (χ1n) is 9.97. The van der Waals surface area contributed by atoms with Gasteiger partial charge in [-0.1, -0.05) is 12.1 Å². The summed E-state index contributed by atoms with van der Waals surface area (Å²) in [5.74, 6) is -7.90. The van der Waals surface area contributed by atoms with Gasteiger partial charge in [0.25, 0.3) is 5.91 Å². The van der Waals surface area contributed by atoms with Gasteiger partial charge in [-0.15, -0.1) is 12.4 Å². The third-order valence-corrected chi connectivity index (χ3v) is 7.02. The molecule has 7 N–H and O–H groups in total. The van der Waals surface area contributed by atoms with Crippen molar-refractivity contribution < 1.29 is 39.9 Å². The molecule has 1 aromatic rings. The number of halogens is 1. The molecule has 33 heavy (non-hydrogen) atoms. The van der Waals surface area contributed by atoms with E-state index in [1.54, 1.807) is 0 Å². The molecule has 0 saturated heterocycles. The van der Waals surface area contributed by atoms with E-state index in [2.05, 4.69) is 0 Å². The topological polar surface area (TPSA) is 182 Å². The predicted molar refractivity (Wildman–Crippen MR) is 117 cm³/mol. The molecule has 0 heterocycles. The van der Waals surface area contributed by atoms with E-state index in [0.29, 0.717) is 0 Å². The monoisotopic (exact) mass is 480 g/mol. The second kappa shape index (κ2) is 7.56. The van der Waals surface area contributed by atoms with Crippen molar-refractivity contribution in [2.45, 2.75) is 30.6 Å². The number of benzene rings is 1. The third-order valence-electron chi connectivity index (χ3n) is 7.02. The lowest BCUT2D eigenvalue weighted by atomic mass is 9.54. The van der Waals surface area contributed by atoms with Crippen LogP contribution in [0.4, 0.5) is 0 Å². The number of aliphatic hydroxyl groups is 4. The fourth-order valence-corrected chi connectivity index (χ4v) is 5.50. The lowest BCUT2D eigenvalue weighted by Gasteiger charge is -2.53. The maximum atomic E-state index is 13.7. The number of fused-ring (bicyclic) bond motifs is 3. The van der Waals surface area contributed by atoms with E-state index in [1.165, 1.54) is 44.1 Å². The second-order valence-electron chi connectivity index (χ2n) is 8.96. The Hall–Kier alpha value is -2.92. The highest BCUT2D eigenvalue weighted by Gasteiger charge is 2.66. The Morgan fingerprint density at radius 3 is 2.30 bits per heavy atom. The summed E-state index contributed by atoms with van der Waals surface area (Å²) in [4.78, 5) is 40.0. The molecule has 0 aliphatic heterocycles. The van der Waals surface area contributed by atoms with Gasteiger partial charge in [0.05, 0.1) is 17.2 Å². The zero-order chi connectivity index (χ0) is 23.9. The predicted octanol–water partition coefficient (Wildman–Crippen LogP) is 0.0508. The fourth-order valence-electron chi connectivity index (χ4n) is 5.50. The van der Waals surface area contributed by atoms with E-state index in [-0.39, 0.29) is 30.0 Å². The molecule has 3 aliphatic rings. The molecule has 0 radical (unpaired) electrons. The van der Waals surface area contributed by atoms with Crippen molar-refractivity contribution in [1.82, 2.24) is 4.90 Å². The highest BCUT2D eigenvalue weighted by Crippen LogP contribution is 2.57. The Morgan fingerprint density at radius 2 is 1.76 bits per heavy atom. The molecule has 10 nitrogen and oxygen atoms in total. The molecule has 0 unspecified atom stereocenters. The Balaban J connectivity index is 0.00000306. The van der Waals surface area contributed by atoms with Gasteiger partial charge in [-0.25, -0.2) is 0 Å². The number of hydrogen-bond donors (Lipinski definition) is 6. The maximum absolute atomic E-state index is 13.7. The van der Waals surface area contributed by atoms with Crippen molar-refractivity contribution in [3.63, 3.8) is 0 Å². The normalized spacial score (nSPS) is 33.3. The van der Waals surface area contributed by atoms with E-state index in [1.807, 2.05) is 0 Å². The largest absolute Gasteiger partial charge is 0.508 e. The number of rotatable bonds is 2. The summed E-state index contributed by atoms with van der Waals surface area (Å²) in [6.45, 7) is 1.40. The van der Waals surface area contributed by atoms with Crippen molar-refractivity contribution in [3.8, 4) is 5.75 Å². The van der Waals surface area contributed by atoms with Gasteiger partial charge >= 0.3 is 0 Å². The molecule has 0 aromatic heterocycles. The quantitative estimate of drug-likeness (QED) is 0.318. The van der Waals surface area contributed by atoms with Gasteiger partial charge < -0.3 is 31.3 Å². The first-order chi connectivity index (χ1) is 14.8. The standard InChI is InChI=1S/C22H24N2O8.ClH/c1-21(31)8-5-4-6-11(25)12(8)16(26)13-9(21)7-10-15(24(2)3)17(27)14(20(23)30)19(29)22(10,32)18(13)28;/h4-6,9-10,15,25-26,29,31-32H,7H2,1-3H3,(H2,23,30);1H/t9-,10-,15-,21+,22-;/m1./s1. The molecule has 1 aromatic carbocycles. The molecule has 178 valence electrons. The number of Topliss-reactive ketones (excluding diaryl/α,β-unsaturated/α-hetero) is 2. The Bertz CT molecular complexity index is 1160. The highest BCUT2D eigenvalue weighted by molar-refractivity contribution is 6.24. The van der Waals surface area contributed by atoms with Gasteiger partial charge in [0.2, 0.25) is 5.78 Å². The van der Waals surface area contributed by atoms with Crippen molar-refractivity contribution in [2.24, 2.45) is 17.6 Å². The zero-order valence-corrected chi connectivity index (χ0v) is 18.9. The van der Waals surface area contributed by atoms with Crippen LogP contribution in [-0.4, -0.2) is 73.6 Å². The number of phenols is 1. The summed E-state index contributed by atoms with van der Waals surface area (Å²) >= 11 is 0. The molecule has 11 heteroatoms. The molecule has 1 saturated carbocycles. The minimum atomic E-state index is -2.75. The van der Waals surface area contributed by atoms with Crippen LogP contribution in [0.3, 0.4) is 0 Å². The Morgan fingerprint density at radius 1 is 1.15 bits per heavy atom. The SMILES string of the molecule is CN(C)[C@H]1C(=O)C(C(N)=O)=C(O)[C@]2(O)C(=O)C3=C(O)c4c(O)cccc4[C@](C)(O)[C@@H]3C[C@H]12.Cl. The average molecular weight is 481 g/mol. The Labute approximate surface area is 195 Å². The van der Waals surface area contributed by atoms with E-state index in [0.717, 1.165) is 0 Å². The van der Waals surface area contributed by atoms with Crippen molar-refractivity contribution >= 4 is 35.6 Å². The number of aromatic hydroxyl groups is 1. The van der Waals surface area contributed by atoms with Crippen molar-refractivity contribution in [1.29, 1.82) is 0 Å². The van der Waals surface area contributed by atoms with Crippen LogP contribution in [-0.2, 0) is 20.0 Å². The van der Waals surface area contributed by atoms with Crippen LogP contribution in [0, 0.1) is 11.8 Å². The summed E-state index contributed by atoms with van der Waals surface area (Å²) in [5.41, 5.74) is -0.548. The molecular weight excluding hydrogens is 456 g/mol. The Kier molecular flexibility index (Phi) is 5.66. The molecule has 1 fully saturated rings. The van der Waals surface area contributed by atoms with E-state index < -0.39 is 75.0 Å². The van der Waals surface area contributed by atoms with Crippen LogP contribution >= 0.6 is 12.4 Å².